The number of benzene rings is 3. The lowest BCUT2D eigenvalue weighted by Crippen LogP contribution is -2.35. The van der Waals surface area contributed by atoms with Gasteiger partial charge in [0.1, 0.15) is 0 Å². The molecule has 4 nitrogen and oxygen atoms in total. The van der Waals surface area contributed by atoms with Crippen molar-refractivity contribution in [3.05, 3.63) is 95.6 Å². The Balaban J connectivity index is 1.55. The Kier molecular flexibility index (Phi) is 4.70. The molecule has 140 valence electrons. The van der Waals surface area contributed by atoms with Gasteiger partial charge >= 0.3 is 0 Å². The van der Waals surface area contributed by atoms with E-state index in [1.165, 1.54) is 5.56 Å². The van der Waals surface area contributed by atoms with E-state index in [1.807, 2.05) is 53.4 Å². The second-order valence-corrected chi connectivity index (χ2v) is 7.13. The number of carbonyl (C=O) groups is 2. The first kappa shape index (κ1) is 18.0. The lowest BCUT2D eigenvalue weighted by atomic mass is 10.1. The van der Waals surface area contributed by atoms with E-state index in [0.29, 0.717) is 11.1 Å². The summed E-state index contributed by atoms with van der Waals surface area (Å²) < 4.78 is 0. The first-order valence-electron chi connectivity index (χ1n) is 9.41. The number of rotatable bonds is 3. The largest absolute Gasteiger partial charge is 0.311 e. The van der Waals surface area contributed by atoms with Crippen LogP contribution in [0.2, 0.25) is 0 Å². The fraction of sp³-hybridized carbons (Fsp3) is 0.167. The van der Waals surface area contributed by atoms with Crippen molar-refractivity contribution in [3.8, 4) is 0 Å². The highest BCUT2D eigenvalue weighted by Gasteiger charge is 2.31. The minimum absolute atomic E-state index is 0.0344. The van der Waals surface area contributed by atoms with E-state index in [-0.39, 0.29) is 17.9 Å². The predicted octanol–water partition coefficient (Wildman–Crippen LogP) is 4.55. The third-order valence-corrected chi connectivity index (χ3v) is 5.25. The molecule has 1 aliphatic heterocycles. The molecule has 0 bridgehead atoms. The number of para-hydroxylation sites is 2. The SMILES string of the molecule is CC1Cc2ccccc2N1C(=O)c1ccc(C(=O)N(C)c2ccccc2)cc1. The van der Waals surface area contributed by atoms with Gasteiger partial charge in [0.25, 0.3) is 11.8 Å². The van der Waals surface area contributed by atoms with Crippen LogP contribution in [0.5, 0.6) is 0 Å². The monoisotopic (exact) mass is 370 g/mol. The Labute approximate surface area is 165 Å². The average Bonchev–Trinajstić information content (AvgIpc) is 3.08. The molecule has 28 heavy (non-hydrogen) atoms. The summed E-state index contributed by atoms with van der Waals surface area (Å²) in [5, 5.41) is 0. The third kappa shape index (κ3) is 3.18. The zero-order chi connectivity index (χ0) is 19.7. The standard InChI is InChI=1S/C24H22N2O2/c1-17-16-20-8-6-7-11-22(20)26(17)24(28)19-14-12-18(13-15-19)23(27)25(2)21-9-4-3-5-10-21/h3-15,17H,16H2,1-2H3. The zero-order valence-corrected chi connectivity index (χ0v) is 16.0. The number of anilines is 2. The van der Waals surface area contributed by atoms with E-state index >= 15 is 0 Å². The van der Waals surface area contributed by atoms with Crippen LogP contribution in [0.15, 0.2) is 78.9 Å². The van der Waals surface area contributed by atoms with Gasteiger partial charge in [-0.1, -0.05) is 36.4 Å². The fourth-order valence-corrected chi connectivity index (χ4v) is 3.73. The van der Waals surface area contributed by atoms with E-state index < -0.39 is 0 Å². The van der Waals surface area contributed by atoms with Crippen LogP contribution in [0.4, 0.5) is 11.4 Å². The lowest BCUT2D eigenvalue weighted by Gasteiger charge is -2.23. The molecule has 0 radical (unpaired) electrons. The molecule has 0 aromatic heterocycles. The van der Waals surface area contributed by atoms with Gasteiger partial charge in [-0.2, -0.15) is 0 Å². The third-order valence-electron chi connectivity index (χ3n) is 5.25. The highest BCUT2D eigenvalue weighted by atomic mass is 16.2. The van der Waals surface area contributed by atoms with Gasteiger partial charge in [0.15, 0.2) is 0 Å². The van der Waals surface area contributed by atoms with Gasteiger partial charge in [-0.15, -0.1) is 0 Å². The maximum absolute atomic E-state index is 13.1. The normalized spacial score (nSPS) is 15.2. The molecule has 1 atom stereocenters. The molecule has 0 saturated heterocycles. The first-order valence-corrected chi connectivity index (χ1v) is 9.41. The molecule has 1 unspecified atom stereocenters. The van der Waals surface area contributed by atoms with E-state index in [2.05, 4.69) is 13.0 Å². The number of amides is 2. The van der Waals surface area contributed by atoms with Gasteiger partial charge in [-0.25, -0.2) is 0 Å². The predicted molar refractivity (Wildman–Crippen MR) is 112 cm³/mol. The van der Waals surface area contributed by atoms with Crippen molar-refractivity contribution in [2.24, 2.45) is 0 Å². The number of hydrogen-bond donors (Lipinski definition) is 0. The number of carbonyl (C=O) groups excluding carboxylic acids is 2. The maximum atomic E-state index is 13.1. The van der Waals surface area contributed by atoms with E-state index in [4.69, 9.17) is 0 Å². The second-order valence-electron chi connectivity index (χ2n) is 7.13. The molecular weight excluding hydrogens is 348 g/mol. The van der Waals surface area contributed by atoms with Crippen LogP contribution in [0.3, 0.4) is 0 Å². The lowest BCUT2D eigenvalue weighted by molar-refractivity contribution is 0.0974. The van der Waals surface area contributed by atoms with E-state index in [1.54, 1.807) is 36.2 Å². The Morgan fingerprint density at radius 2 is 1.46 bits per heavy atom. The van der Waals surface area contributed by atoms with Gasteiger partial charge in [0.2, 0.25) is 0 Å². The summed E-state index contributed by atoms with van der Waals surface area (Å²) in [6, 6.07) is 24.6. The van der Waals surface area contributed by atoms with Crippen molar-refractivity contribution < 1.29 is 9.59 Å². The summed E-state index contributed by atoms with van der Waals surface area (Å²) in [7, 11) is 1.75. The summed E-state index contributed by atoms with van der Waals surface area (Å²) in [5.41, 5.74) is 4.14. The minimum atomic E-state index is -0.106. The van der Waals surface area contributed by atoms with Gasteiger partial charge in [-0.05, 0) is 61.4 Å². The molecule has 4 heteroatoms. The summed E-state index contributed by atoms with van der Waals surface area (Å²) in [4.78, 5) is 29.3. The molecule has 4 rings (SSSR count). The van der Waals surface area contributed by atoms with Crippen molar-refractivity contribution in [1.29, 1.82) is 0 Å². The molecule has 0 spiro atoms. The van der Waals surface area contributed by atoms with Gasteiger partial charge in [0, 0.05) is 35.6 Å². The second kappa shape index (κ2) is 7.31. The van der Waals surface area contributed by atoms with E-state index in [9.17, 15) is 9.59 Å². The molecular formula is C24H22N2O2. The molecule has 0 aliphatic carbocycles. The topological polar surface area (TPSA) is 40.6 Å². The number of fused-ring (bicyclic) bond motifs is 1. The van der Waals surface area contributed by atoms with Gasteiger partial charge < -0.3 is 9.80 Å². The smallest absolute Gasteiger partial charge is 0.258 e. The average molecular weight is 370 g/mol. The maximum Gasteiger partial charge on any atom is 0.258 e. The molecule has 2 amide bonds. The zero-order valence-electron chi connectivity index (χ0n) is 16.0. The van der Waals surface area contributed by atoms with E-state index in [0.717, 1.165) is 17.8 Å². The molecule has 1 aliphatic rings. The minimum Gasteiger partial charge on any atom is -0.311 e. The summed E-state index contributed by atoms with van der Waals surface area (Å²) >= 11 is 0. The Hall–Kier alpha value is -3.40. The molecule has 3 aromatic rings. The summed E-state index contributed by atoms with van der Waals surface area (Å²) in [6.45, 7) is 2.06. The Morgan fingerprint density at radius 3 is 2.18 bits per heavy atom. The number of nitrogens with zero attached hydrogens (tertiary/aromatic N) is 2. The molecule has 0 N–H and O–H groups in total. The van der Waals surface area contributed by atoms with Gasteiger partial charge in [0.05, 0.1) is 0 Å². The van der Waals surface area contributed by atoms with Crippen molar-refractivity contribution in [1.82, 2.24) is 0 Å². The van der Waals surface area contributed by atoms with Crippen LogP contribution in [0, 0.1) is 0 Å². The Bertz CT molecular complexity index is 1010. The first-order chi connectivity index (χ1) is 13.6. The van der Waals surface area contributed by atoms with Crippen molar-refractivity contribution in [2.75, 3.05) is 16.8 Å². The van der Waals surface area contributed by atoms with Crippen LogP contribution in [0.1, 0.15) is 33.2 Å². The number of hydrogen-bond acceptors (Lipinski definition) is 2. The summed E-state index contributed by atoms with van der Waals surface area (Å²) in [6.07, 6.45) is 0.861. The van der Waals surface area contributed by atoms with Crippen LogP contribution in [-0.2, 0) is 6.42 Å². The molecule has 0 fully saturated rings. The Morgan fingerprint density at radius 1 is 0.857 bits per heavy atom. The van der Waals surface area contributed by atoms with Crippen molar-refractivity contribution >= 4 is 23.2 Å². The molecule has 0 saturated carbocycles. The highest BCUT2D eigenvalue weighted by Crippen LogP contribution is 2.33. The van der Waals surface area contributed by atoms with Crippen molar-refractivity contribution in [3.63, 3.8) is 0 Å². The van der Waals surface area contributed by atoms with Crippen molar-refractivity contribution in [2.45, 2.75) is 19.4 Å². The van der Waals surface area contributed by atoms with Crippen LogP contribution in [0.25, 0.3) is 0 Å². The quantitative estimate of drug-likeness (QED) is 0.678. The molecule has 1 heterocycles. The summed E-state index contributed by atoms with van der Waals surface area (Å²) in [5.74, 6) is -0.141. The van der Waals surface area contributed by atoms with Crippen LogP contribution < -0.4 is 9.80 Å². The van der Waals surface area contributed by atoms with Crippen LogP contribution in [-0.4, -0.2) is 24.9 Å². The fourth-order valence-electron chi connectivity index (χ4n) is 3.73. The van der Waals surface area contributed by atoms with Gasteiger partial charge in [-0.3, -0.25) is 9.59 Å². The highest BCUT2D eigenvalue weighted by molar-refractivity contribution is 6.09. The van der Waals surface area contributed by atoms with Crippen LogP contribution >= 0.6 is 0 Å². The molecule has 3 aromatic carbocycles.